The van der Waals surface area contributed by atoms with Gasteiger partial charge in [0.15, 0.2) is 5.78 Å². The lowest BCUT2D eigenvalue weighted by Gasteiger charge is -2.16. The molecule has 2 aromatic carbocycles. The van der Waals surface area contributed by atoms with Crippen molar-refractivity contribution in [2.75, 3.05) is 7.11 Å². The number of carbonyl (C=O) groups excluding carboxylic acids is 2. The minimum atomic E-state index is -0.396. The van der Waals surface area contributed by atoms with Crippen LogP contribution >= 0.6 is 0 Å². The third-order valence-corrected chi connectivity index (χ3v) is 4.18. The first kappa shape index (κ1) is 14.5. The van der Waals surface area contributed by atoms with Gasteiger partial charge < -0.3 is 4.74 Å². The molecule has 0 aromatic heterocycles. The zero-order chi connectivity index (χ0) is 15.5. The van der Waals surface area contributed by atoms with Crippen LogP contribution in [0.5, 0.6) is 0 Å². The van der Waals surface area contributed by atoms with Gasteiger partial charge in [0.05, 0.1) is 12.7 Å². The number of rotatable bonds is 3. The topological polar surface area (TPSA) is 43.4 Å². The maximum Gasteiger partial charge on any atom is 0.337 e. The van der Waals surface area contributed by atoms with Gasteiger partial charge in [-0.2, -0.15) is 0 Å². The van der Waals surface area contributed by atoms with Crippen molar-refractivity contribution >= 4 is 11.8 Å². The second-order valence-electron chi connectivity index (χ2n) is 5.59. The molecule has 0 aliphatic heterocycles. The molecule has 0 saturated carbocycles. The zero-order valence-electron chi connectivity index (χ0n) is 12.6. The molecular weight excluding hydrogens is 276 g/mol. The fourth-order valence-electron chi connectivity index (χ4n) is 2.92. The minimum absolute atomic E-state index is 0.00945. The van der Waals surface area contributed by atoms with E-state index in [0.717, 1.165) is 12.8 Å². The summed E-state index contributed by atoms with van der Waals surface area (Å²) in [6.45, 7) is 0. The number of aryl methyl sites for hydroxylation is 2. The Labute approximate surface area is 129 Å². The molecule has 22 heavy (non-hydrogen) atoms. The van der Waals surface area contributed by atoms with Crippen molar-refractivity contribution in [3.05, 3.63) is 70.3 Å². The molecule has 3 rings (SSSR count). The van der Waals surface area contributed by atoms with Gasteiger partial charge in [0.2, 0.25) is 0 Å². The van der Waals surface area contributed by atoms with Crippen molar-refractivity contribution in [1.29, 1.82) is 0 Å². The summed E-state index contributed by atoms with van der Waals surface area (Å²) in [6.07, 6.45) is 4.59. The van der Waals surface area contributed by atoms with E-state index < -0.39 is 5.97 Å². The molecular formula is C19H18O3. The van der Waals surface area contributed by atoms with Crippen LogP contribution in [0.2, 0.25) is 0 Å². The zero-order valence-corrected chi connectivity index (χ0v) is 12.6. The first-order chi connectivity index (χ1) is 10.7. The third-order valence-electron chi connectivity index (χ3n) is 4.18. The average molecular weight is 294 g/mol. The van der Waals surface area contributed by atoms with Gasteiger partial charge in [-0.1, -0.05) is 24.3 Å². The van der Waals surface area contributed by atoms with Gasteiger partial charge in [-0.3, -0.25) is 4.79 Å². The van der Waals surface area contributed by atoms with E-state index >= 15 is 0 Å². The lowest BCUT2D eigenvalue weighted by Crippen LogP contribution is -2.07. The number of ketones is 1. The lowest BCUT2D eigenvalue weighted by molar-refractivity contribution is 0.0600. The van der Waals surface area contributed by atoms with Gasteiger partial charge in [-0.15, -0.1) is 0 Å². The monoisotopic (exact) mass is 294 g/mol. The normalized spacial score (nSPS) is 13.3. The van der Waals surface area contributed by atoms with Crippen molar-refractivity contribution in [2.24, 2.45) is 0 Å². The van der Waals surface area contributed by atoms with Crippen LogP contribution in [-0.2, 0) is 17.6 Å². The summed E-state index contributed by atoms with van der Waals surface area (Å²) >= 11 is 0. The van der Waals surface area contributed by atoms with Crippen LogP contribution in [0.4, 0.5) is 0 Å². The molecule has 112 valence electrons. The van der Waals surface area contributed by atoms with E-state index in [1.807, 2.05) is 12.1 Å². The molecule has 0 saturated heterocycles. The first-order valence-electron chi connectivity index (χ1n) is 7.54. The van der Waals surface area contributed by atoms with Crippen molar-refractivity contribution < 1.29 is 14.3 Å². The predicted molar refractivity (Wildman–Crippen MR) is 84.3 cm³/mol. The number of ether oxygens (including phenoxy) is 1. The summed E-state index contributed by atoms with van der Waals surface area (Å²) in [5.41, 5.74) is 4.41. The number of methoxy groups -OCH3 is 1. The van der Waals surface area contributed by atoms with Gasteiger partial charge in [-0.05, 0) is 55.0 Å². The van der Waals surface area contributed by atoms with Crippen molar-refractivity contribution in [1.82, 2.24) is 0 Å². The van der Waals surface area contributed by atoms with Crippen LogP contribution in [0.3, 0.4) is 0 Å². The van der Waals surface area contributed by atoms with E-state index in [0.29, 0.717) is 16.7 Å². The van der Waals surface area contributed by atoms with Crippen molar-refractivity contribution in [3.8, 4) is 0 Å². The van der Waals surface area contributed by atoms with Crippen LogP contribution in [0, 0.1) is 0 Å². The Kier molecular flexibility index (Phi) is 4.05. The number of benzene rings is 2. The van der Waals surface area contributed by atoms with Gasteiger partial charge in [-0.25, -0.2) is 4.79 Å². The maximum atomic E-state index is 12.6. The van der Waals surface area contributed by atoms with Gasteiger partial charge in [0.25, 0.3) is 0 Å². The van der Waals surface area contributed by atoms with E-state index in [2.05, 4.69) is 10.8 Å². The number of hydrogen-bond acceptors (Lipinski definition) is 3. The average Bonchev–Trinajstić information content (AvgIpc) is 2.60. The van der Waals surface area contributed by atoms with Gasteiger partial charge in [0.1, 0.15) is 0 Å². The molecule has 3 nitrogen and oxygen atoms in total. The summed E-state index contributed by atoms with van der Waals surface area (Å²) < 4.78 is 4.66. The Morgan fingerprint density at radius 2 is 1.41 bits per heavy atom. The van der Waals surface area contributed by atoms with Crippen molar-refractivity contribution in [2.45, 2.75) is 25.7 Å². The summed E-state index contributed by atoms with van der Waals surface area (Å²) in [5, 5.41) is 0. The van der Waals surface area contributed by atoms with Gasteiger partial charge >= 0.3 is 5.97 Å². The molecule has 1 aliphatic carbocycles. The molecule has 0 fully saturated rings. The highest BCUT2D eigenvalue weighted by Crippen LogP contribution is 2.23. The third kappa shape index (κ3) is 2.80. The first-order valence-corrected chi connectivity index (χ1v) is 7.54. The molecule has 0 heterocycles. The molecule has 0 amide bonds. The standard InChI is InChI=1S/C19H18O3/c1-22-19(21)15-9-7-14(8-10-15)18(20)17-11-6-13-4-2-3-5-16(13)12-17/h6-12H,2-5H2,1H3. The van der Waals surface area contributed by atoms with E-state index in [4.69, 9.17) is 0 Å². The number of fused-ring (bicyclic) bond motifs is 1. The number of esters is 1. The molecule has 0 unspecified atom stereocenters. The Hall–Kier alpha value is -2.42. The van der Waals surface area contributed by atoms with E-state index in [1.54, 1.807) is 24.3 Å². The maximum absolute atomic E-state index is 12.6. The largest absolute Gasteiger partial charge is 0.465 e. The fraction of sp³-hybridized carbons (Fsp3) is 0.263. The number of carbonyl (C=O) groups is 2. The molecule has 0 radical (unpaired) electrons. The van der Waals surface area contributed by atoms with Crippen LogP contribution in [0.25, 0.3) is 0 Å². The Bertz CT molecular complexity index is 714. The molecule has 0 bridgehead atoms. The van der Waals surface area contributed by atoms with E-state index in [-0.39, 0.29) is 5.78 Å². The Morgan fingerprint density at radius 3 is 2.09 bits per heavy atom. The van der Waals surface area contributed by atoms with Crippen LogP contribution in [-0.4, -0.2) is 18.9 Å². The molecule has 0 atom stereocenters. The highest BCUT2D eigenvalue weighted by Gasteiger charge is 2.15. The lowest BCUT2D eigenvalue weighted by atomic mass is 9.89. The summed E-state index contributed by atoms with van der Waals surface area (Å²) in [5.74, 6) is -0.405. The SMILES string of the molecule is COC(=O)c1ccc(C(=O)c2ccc3c(c2)CCCC3)cc1. The smallest absolute Gasteiger partial charge is 0.337 e. The van der Waals surface area contributed by atoms with E-state index in [9.17, 15) is 9.59 Å². The summed E-state index contributed by atoms with van der Waals surface area (Å²) in [4.78, 5) is 24.0. The van der Waals surface area contributed by atoms with Gasteiger partial charge in [0, 0.05) is 11.1 Å². The van der Waals surface area contributed by atoms with Crippen LogP contribution in [0.15, 0.2) is 42.5 Å². The summed E-state index contributed by atoms with van der Waals surface area (Å²) in [6, 6.07) is 12.6. The highest BCUT2D eigenvalue weighted by molar-refractivity contribution is 6.09. The second kappa shape index (κ2) is 6.14. The Balaban J connectivity index is 1.86. The molecule has 0 N–H and O–H groups in total. The van der Waals surface area contributed by atoms with E-state index in [1.165, 1.54) is 31.1 Å². The quantitative estimate of drug-likeness (QED) is 0.642. The van der Waals surface area contributed by atoms with Crippen molar-refractivity contribution in [3.63, 3.8) is 0 Å². The minimum Gasteiger partial charge on any atom is -0.465 e. The molecule has 1 aliphatic rings. The molecule has 3 heteroatoms. The van der Waals surface area contributed by atoms with Crippen LogP contribution in [0.1, 0.15) is 50.2 Å². The second-order valence-corrected chi connectivity index (χ2v) is 5.59. The van der Waals surface area contributed by atoms with Crippen LogP contribution < -0.4 is 0 Å². The highest BCUT2D eigenvalue weighted by atomic mass is 16.5. The summed E-state index contributed by atoms with van der Waals surface area (Å²) in [7, 11) is 1.34. The Morgan fingerprint density at radius 1 is 0.818 bits per heavy atom. The molecule has 0 spiro atoms. The molecule has 2 aromatic rings. The fourth-order valence-corrected chi connectivity index (χ4v) is 2.92. The number of hydrogen-bond donors (Lipinski definition) is 0. The predicted octanol–water partition coefficient (Wildman–Crippen LogP) is 3.58.